The van der Waals surface area contributed by atoms with Crippen molar-refractivity contribution >= 4 is 11.9 Å². The first kappa shape index (κ1) is 21.1. The maximum absolute atomic E-state index is 14.7. The Morgan fingerprint density at radius 1 is 1.30 bits per heavy atom. The van der Waals surface area contributed by atoms with E-state index in [-0.39, 0.29) is 19.3 Å². The summed E-state index contributed by atoms with van der Waals surface area (Å²) in [5.74, 6) is -2.64. The number of nitrogens with one attached hydrogen (secondary N) is 1. The quantitative estimate of drug-likeness (QED) is 0.755. The summed E-state index contributed by atoms with van der Waals surface area (Å²) in [5, 5.41) is 12.2. The Labute approximate surface area is 153 Å². The van der Waals surface area contributed by atoms with Gasteiger partial charge in [-0.25, -0.2) is 9.18 Å². The van der Waals surface area contributed by atoms with Crippen LogP contribution in [0.15, 0.2) is 18.2 Å². The predicted molar refractivity (Wildman–Crippen MR) is 87.3 cm³/mol. The largest absolute Gasteiger partial charge is 0.444 e. The molecule has 0 radical (unpaired) electrons. The topological polar surface area (TPSA) is 75.6 Å². The Balaban J connectivity index is 2.58. The van der Waals surface area contributed by atoms with E-state index in [1.807, 2.05) is 0 Å². The fraction of sp³-hybridized carbons (Fsp3) is 0.556. The zero-order valence-electron chi connectivity index (χ0n) is 15.1. The van der Waals surface area contributed by atoms with Gasteiger partial charge < -0.3 is 15.2 Å². The van der Waals surface area contributed by atoms with Crippen molar-refractivity contribution in [2.24, 2.45) is 0 Å². The molecule has 0 aromatic heterocycles. The zero-order chi connectivity index (χ0) is 20.6. The number of hydrogen-bond donors (Lipinski definition) is 2. The second-order valence-corrected chi connectivity index (χ2v) is 7.47. The zero-order valence-corrected chi connectivity index (χ0v) is 15.1. The second-order valence-electron chi connectivity index (χ2n) is 7.47. The molecule has 0 aliphatic heterocycles. The number of rotatable bonds is 2. The molecule has 2 N–H and O–H groups in total. The van der Waals surface area contributed by atoms with Crippen LogP contribution in [0.4, 0.5) is 22.4 Å². The van der Waals surface area contributed by atoms with Crippen molar-refractivity contribution in [2.45, 2.75) is 63.5 Å². The molecule has 1 saturated carbocycles. The molecule has 0 heterocycles. The summed E-state index contributed by atoms with van der Waals surface area (Å²) in [6, 6.07) is 2.50. The van der Waals surface area contributed by atoms with Gasteiger partial charge >= 0.3 is 12.3 Å². The highest BCUT2D eigenvalue weighted by Gasteiger charge is 2.50. The molecule has 150 valence electrons. The molecule has 0 spiro atoms. The highest BCUT2D eigenvalue weighted by molar-refractivity contribution is 5.96. The lowest BCUT2D eigenvalue weighted by atomic mass is 9.73. The van der Waals surface area contributed by atoms with Crippen LogP contribution in [0.3, 0.4) is 0 Å². The number of ketones is 1. The predicted octanol–water partition coefficient (Wildman–Crippen LogP) is 3.68. The lowest BCUT2D eigenvalue weighted by Crippen LogP contribution is -2.58. The molecule has 1 aromatic carbocycles. The third kappa shape index (κ3) is 4.40. The van der Waals surface area contributed by atoms with E-state index in [0.717, 1.165) is 12.1 Å². The number of halogens is 4. The Morgan fingerprint density at radius 2 is 1.93 bits per heavy atom. The van der Waals surface area contributed by atoms with E-state index in [0.29, 0.717) is 6.07 Å². The third-order valence-corrected chi connectivity index (χ3v) is 4.23. The molecular weight excluding hydrogens is 370 g/mol. The summed E-state index contributed by atoms with van der Waals surface area (Å²) >= 11 is 0. The van der Waals surface area contributed by atoms with Gasteiger partial charge in [0, 0.05) is 5.56 Å². The fourth-order valence-electron chi connectivity index (χ4n) is 3.12. The Hall–Kier alpha value is -2.16. The first-order chi connectivity index (χ1) is 12.3. The highest BCUT2D eigenvalue weighted by atomic mass is 19.4. The summed E-state index contributed by atoms with van der Waals surface area (Å²) in [5.41, 5.74) is -5.30. The van der Waals surface area contributed by atoms with Gasteiger partial charge in [-0.3, -0.25) is 4.79 Å². The highest BCUT2D eigenvalue weighted by Crippen LogP contribution is 2.40. The van der Waals surface area contributed by atoms with Gasteiger partial charge in [0.15, 0.2) is 5.78 Å². The molecule has 1 fully saturated rings. The minimum atomic E-state index is -4.98. The van der Waals surface area contributed by atoms with Crippen LogP contribution in [0.1, 0.15) is 51.2 Å². The van der Waals surface area contributed by atoms with Crippen LogP contribution in [0.25, 0.3) is 0 Å². The summed E-state index contributed by atoms with van der Waals surface area (Å²) in [4.78, 5) is 24.9. The number of ether oxygens (including phenoxy) is 1. The number of amides is 1. The first-order valence-electron chi connectivity index (χ1n) is 8.38. The SMILES string of the molecule is CC(C)(C)OC(=O)NC1(c2cccc(C(F)(F)F)c2F)CCCC(O)C1=O. The smallest absolute Gasteiger partial charge is 0.419 e. The number of Topliss-reactive ketones (excluding diaryl/α,β-unsaturated/α-hetero) is 1. The van der Waals surface area contributed by atoms with Crippen LogP contribution in [-0.2, 0) is 21.2 Å². The van der Waals surface area contributed by atoms with Crippen LogP contribution in [0, 0.1) is 5.82 Å². The van der Waals surface area contributed by atoms with E-state index in [1.165, 1.54) is 0 Å². The molecule has 1 aliphatic carbocycles. The summed E-state index contributed by atoms with van der Waals surface area (Å²) in [6.07, 6.45) is -7.52. The van der Waals surface area contributed by atoms with Gasteiger partial charge in [-0.05, 0) is 46.1 Å². The number of benzene rings is 1. The van der Waals surface area contributed by atoms with Gasteiger partial charge in [0.2, 0.25) is 0 Å². The van der Waals surface area contributed by atoms with Crippen LogP contribution in [0.2, 0.25) is 0 Å². The van der Waals surface area contributed by atoms with E-state index in [4.69, 9.17) is 4.74 Å². The number of aliphatic hydroxyl groups excluding tert-OH is 1. The molecule has 0 bridgehead atoms. The average molecular weight is 391 g/mol. The minimum Gasteiger partial charge on any atom is -0.444 e. The molecule has 5 nitrogen and oxygen atoms in total. The van der Waals surface area contributed by atoms with Gasteiger partial charge in [0.25, 0.3) is 0 Å². The molecule has 1 amide bonds. The van der Waals surface area contributed by atoms with Crippen molar-refractivity contribution < 1.29 is 37.0 Å². The Morgan fingerprint density at radius 3 is 2.48 bits per heavy atom. The lowest BCUT2D eigenvalue weighted by Gasteiger charge is -2.39. The fourth-order valence-corrected chi connectivity index (χ4v) is 3.12. The Kier molecular flexibility index (Phi) is 5.56. The molecular formula is C18H21F4NO4. The van der Waals surface area contributed by atoms with Gasteiger partial charge in [-0.15, -0.1) is 0 Å². The van der Waals surface area contributed by atoms with Crippen molar-refractivity contribution in [3.63, 3.8) is 0 Å². The summed E-state index contributed by atoms with van der Waals surface area (Å²) in [6.45, 7) is 4.67. The number of carbonyl (C=O) groups excluding carboxylic acids is 2. The number of alkyl halides is 3. The standard InChI is InChI=1S/C18H21F4NO4/c1-16(2,3)27-15(26)23-17(9-5-8-12(24)14(17)25)10-6-4-7-11(13(10)19)18(20,21)22/h4,6-7,12,24H,5,8-9H2,1-3H3,(H,23,26). The Bertz CT molecular complexity index is 742. The molecule has 1 aromatic rings. The first-order valence-corrected chi connectivity index (χ1v) is 8.38. The molecule has 2 unspecified atom stereocenters. The van der Waals surface area contributed by atoms with Crippen LogP contribution in [0.5, 0.6) is 0 Å². The number of aliphatic hydroxyl groups is 1. The normalized spacial score (nSPS) is 23.9. The molecule has 1 aliphatic rings. The van der Waals surface area contributed by atoms with E-state index in [9.17, 15) is 32.3 Å². The van der Waals surface area contributed by atoms with Crippen molar-refractivity contribution in [1.82, 2.24) is 5.32 Å². The third-order valence-electron chi connectivity index (χ3n) is 4.23. The van der Waals surface area contributed by atoms with E-state index < -0.39 is 52.2 Å². The number of hydrogen-bond acceptors (Lipinski definition) is 4. The van der Waals surface area contributed by atoms with Crippen molar-refractivity contribution in [3.05, 3.63) is 35.1 Å². The van der Waals surface area contributed by atoms with Gasteiger partial charge in [0.05, 0.1) is 5.56 Å². The van der Waals surface area contributed by atoms with E-state index >= 15 is 0 Å². The maximum atomic E-state index is 14.7. The van der Waals surface area contributed by atoms with Crippen LogP contribution < -0.4 is 5.32 Å². The van der Waals surface area contributed by atoms with Gasteiger partial charge in [0.1, 0.15) is 23.1 Å². The summed E-state index contributed by atoms with van der Waals surface area (Å²) < 4.78 is 59.1. The maximum Gasteiger partial charge on any atom is 0.419 e. The van der Waals surface area contributed by atoms with Gasteiger partial charge in [-0.1, -0.05) is 12.1 Å². The van der Waals surface area contributed by atoms with E-state index in [2.05, 4.69) is 5.32 Å². The molecule has 27 heavy (non-hydrogen) atoms. The average Bonchev–Trinajstić information content (AvgIpc) is 2.49. The molecule has 2 rings (SSSR count). The van der Waals surface area contributed by atoms with Crippen molar-refractivity contribution in [1.29, 1.82) is 0 Å². The van der Waals surface area contributed by atoms with Crippen LogP contribution in [-0.4, -0.2) is 28.7 Å². The lowest BCUT2D eigenvalue weighted by molar-refractivity contribution is -0.141. The number of carbonyl (C=O) groups is 2. The van der Waals surface area contributed by atoms with Crippen LogP contribution >= 0.6 is 0 Å². The van der Waals surface area contributed by atoms with E-state index in [1.54, 1.807) is 20.8 Å². The summed E-state index contributed by atoms with van der Waals surface area (Å²) in [7, 11) is 0. The molecule has 9 heteroatoms. The molecule has 0 saturated heterocycles. The monoisotopic (exact) mass is 391 g/mol. The van der Waals surface area contributed by atoms with Crippen molar-refractivity contribution in [2.75, 3.05) is 0 Å². The minimum absolute atomic E-state index is 0.0666. The van der Waals surface area contributed by atoms with Gasteiger partial charge in [-0.2, -0.15) is 13.2 Å². The second kappa shape index (κ2) is 7.10. The number of alkyl carbamates (subject to hydrolysis) is 1. The van der Waals surface area contributed by atoms with Crippen molar-refractivity contribution in [3.8, 4) is 0 Å². The molecule has 2 atom stereocenters.